The van der Waals surface area contributed by atoms with Crippen LogP contribution in [0, 0.1) is 23.7 Å². The van der Waals surface area contributed by atoms with E-state index in [1.165, 1.54) is 31.4 Å². The average Bonchev–Trinajstić information content (AvgIpc) is 3.30. The molecule has 2 amide bonds. The number of nitrogens with zero attached hydrogens (tertiary/aromatic N) is 1. The summed E-state index contributed by atoms with van der Waals surface area (Å²) in [6.45, 7) is 1.33. The Morgan fingerprint density at radius 1 is 0.939 bits per heavy atom. The van der Waals surface area contributed by atoms with Gasteiger partial charge >= 0.3 is 5.97 Å². The number of anilines is 1. The first-order chi connectivity index (χ1) is 16.0. The molecule has 0 aromatic heterocycles. The van der Waals surface area contributed by atoms with Crippen LogP contribution in [0.15, 0.2) is 24.3 Å². The molecule has 0 bridgehead atoms. The van der Waals surface area contributed by atoms with Gasteiger partial charge in [0, 0.05) is 18.2 Å². The monoisotopic (exact) mass is 455 g/mol. The van der Waals surface area contributed by atoms with Gasteiger partial charge in [0.15, 0.2) is 0 Å². The summed E-state index contributed by atoms with van der Waals surface area (Å²) in [5, 5.41) is 12.1. The zero-order chi connectivity index (χ0) is 23.4. The number of hydrogen-bond acceptors (Lipinski definition) is 4. The molecule has 1 saturated heterocycles. The van der Waals surface area contributed by atoms with Crippen molar-refractivity contribution in [3.8, 4) is 0 Å². The van der Waals surface area contributed by atoms with Crippen molar-refractivity contribution in [3.63, 3.8) is 0 Å². The fourth-order valence-corrected chi connectivity index (χ4v) is 6.25. The number of hydrogen-bond donors (Lipinski definition) is 3. The molecular formula is C26H37N3O4. The number of nitrogens with one attached hydrogen (secondary N) is 1. The summed E-state index contributed by atoms with van der Waals surface area (Å²) >= 11 is 0. The van der Waals surface area contributed by atoms with Crippen LogP contribution in [0.1, 0.15) is 74.6 Å². The number of carboxylic acid groups (broad SMARTS) is 1. The number of carboxylic acids is 1. The predicted octanol–water partition coefficient (Wildman–Crippen LogP) is 3.89. The summed E-state index contributed by atoms with van der Waals surface area (Å²) < 4.78 is 0. The molecule has 4 rings (SSSR count). The summed E-state index contributed by atoms with van der Waals surface area (Å²) in [4.78, 5) is 40.1. The van der Waals surface area contributed by atoms with Crippen molar-refractivity contribution in [1.29, 1.82) is 0 Å². The minimum Gasteiger partial charge on any atom is -0.478 e. The predicted molar refractivity (Wildman–Crippen MR) is 127 cm³/mol. The summed E-state index contributed by atoms with van der Waals surface area (Å²) in [7, 11) is 0. The van der Waals surface area contributed by atoms with E-state index in [2.05, 4.69) is 5.32 Å². The van der Waals surface area contributed by atoms with Crippen molar-refractivity contribution in [2.75, 3.05) is 18.4 Å². The van der Waals surface area contributed by atoms with E-state index in [-0.39, 0.29) is 29.2 Å². The van der Waals surface area contributed by atoms with E-state index >= 15 is 0 Å². The number of carbonyl (C=O) groups is 3. The minimum atomic E-state index is -0.998. The third kappa shape index (κ3) is 5.40. The zero-order valence-corrected chi connectivity index (χ0v) is 19.4. The van der Waals surface area contributed by atoms with Gasteiger partial charge in [0.2, 0.25) is 11.8 Å². The average molecular weight is 456 g/mol. The highest BCUT2D eigenvalue weighted by Gasteiger charge is 2.46. The Bertz CT molecular complexity index is 842. The van der Waals surface area contributed by atoms with Crippen molar-refractivity contribution < 1.29 is 19.5 Å². The Hall–Kier alpha value is -2.41. The van der Waals surface area contributed by atoms with Crippen LogP contribution in [-0.2, 0) is 9.59 Å². The summed E-state index contributed by atoms with van der Waals surface area (Å²) in [6.07, 6.45) is 10.5. The Labute approximate surface area is 196 Å². The van der Waals surface area contributed by atoms with Crippen molar-refractivity contribution in [2.24, 2.45) is 29.4 Å². The smallest absolute Gasteiger partial charge is 0.335 e. The number of rotatable bonds is 6. The highest BCUT2D eigenvalue weighted by molar-refractivity contribution is 5.98. The van der Waals surface area contributed by atoms with Crippen molar-refractivity contribution >= 4 is 23.5 Å². The molecule has 3 fully saturated rings. The third-order valence-electron chi connectivity index (χ3n) is 8.18. The van der Waals surface area contributed by atoms with Crippen LogP contribution in [0.4, 0.5) is 5.69 Å². The fourth-order valence-electron chi connectivity index (χ4n) is 6.25. The van der Waals surface area contributed by atoms with Crippen LogP contribution >= 0.6 is 0 Å². The van der Waals surface area contributed by atoms with Crippen LogP contribution in [0.5, 0.6) is 0 Å². The Kier molecular flexibility index (Phi) is 7.68. The lowest BCUT2D eigenvalue weighted by Gasteiger charge is -2.36. The number of likely N-dealkylation sites (tertiary alicyclic amines) is 1. The third-order valence-corrected chi connectivity index (χ3v) is 8.18. The van der Waals surface area contributed by atoms with E-state index in [0.717, 1.165) is 44.9 Å². The molecule has 0 spiro atoms. The quantitative estimate of drug-likeness (QED) is 0.602. The van der Waals surface area contributed by atoms with Crippen molar-refractivity contribution in [3.05, 3.63) is 29.8 Å². The molecule has 7 nitrogen and oxygen atoms in total. The van der Waals surface area contributed by atoms with E-state index in [4.69, 9.17) is 10.8 Å². The van der Waals surface area contributed by atoms with E-state index < -0.39 is 12.0 Å². The minimum absolute atomic E-state index is 0.0111. The molecule has 1 aromatic rings. The number of aromatic carboxylic acids is 1. The first-order valence-electron chi connectivity index (χ1n) is 12.6. The number of benzene rings is 1. The van der Waals surface area contributed by atoms with Gasteiger partial charge in [-0.2, -0.15) is 0 Å². The zero-order valence-electron chi connectivity index (χ0n) is 19.4. The molecule has 1 aromatic carbocycles. The molecule has 180 valence electrons. The van der Waals surface area contributed by atoms with Crippen molar-refractivity contribution in [1.82, 2.24) is 4.90 Å². The Balaban J connectivity index is 1.51. The van der Waals surface area contributed by atoms with Crippen LogP contribution in [0.25, 0.3) is 0 Å². The van der Waals surface area contributed by atoms with Crippen LogP contribution in [0.3, 0.4) is 0 Å². The standard InChI is InChI=1S/C26H37N3O4/c27-16-17-6-8-19(9-7-17)25(31)29-15-14-22(18-4-2-1-3-5-18)23(29)24(30)28-21-12-10-20(11-13-21)26(32)33/h10-13,17-19,22-23H,1-9,14-16,27H2,(H,28,30)(H,32,33). The molecule has 7 heteroatoms. The molecule has 2 atom stereocenters. The highest BCUT2D eigenvalue weighted by Crippen LogP contribution is 2.41. The van der Waals surface area contributed by atoms with E-state index in [9.17, 15) is 14.4 Å². The van der Waals surface area contributed by atoms with Crippen molar-refractivity contribution in [2.45, 2.75) is 70.3 Å². The SMILES string of the molecule is NCC1CCC(C(=O)N2CCC(C3CCCCC3)C2C(=O)Nc2ccc(C(=O)O)cc2)CC1. The van der Waals surface area contributed by atoms with Gasteiger partial charge in [0.1, 0.15) is 6.04 Å². The first-order valence-corrected chi connectivity index (χ1v) is 12.6. The second-order valence-electron chi connectivity index (χ2n) is 10.2. The van der Waals surface area contributed by atoms with Gasteiger partial charge in [0.25, 0.3) is 0 Å². The summed E-state index contributed by atoms with van der Waals surface area (Å²) in [5.74, 6) is 0.156. The molecular weight excluding hydrogens is 418 g/mol. The molecule has 33 heavy (non-hydrogen) atoms. The number of nitrogens with two attached hydrogens (primary N) is 1. The largest absolute Gasteiger partial charge is 0.478 e. The van der Waals surface area contributed by atoms with Gasteiger partial charge in [-0.25, -0.2) is 4.79 Å². The maximum Gasteiger partial charge on any atom is 0.335 e. The highest BCUT2D eigenvalue weighted by atomic mass is 16.4. The van der Waals surface area contributed by atoms with Gasteiger partial charge in [-0.3, -0.25) is 9.59 Å². The molecule has 1 heterocycles. The molecule has 3 aliphatic rings. The number of carbonyl (C=O) groups excluding carboxylic acids is 2. The second kappa shape index (κ2) is 10.7. The van der Waals surface area contributed by atoms with Gasteiger partial charge in [-0.05, 0) is 80.7 Å². The Morgan fingerprint density at radius 2 is 1.61 bits per heavy atom. The van der Waals surface area contributed by atoms with Gasteiger partial charge in [0.05, 0.1) is 5.56 Å². The maximum atomic E-state index is 13.6. The van der Waals surface area contributed by atoms with Gasteiger partial charge in [-0.15, -0.1) is 0 Å². The van der Waals surface area contributed by atoms with E-state index in [1.807, 2.05) is 4.90 Å². The van der Waals surface area contributed by atoms with E-state index in [0.29, 0.717) is 30.6 Å². The summed E-state index contributed by atoms with van der Waals surface area (Å²) in [6, 6.07) is 5.76. The second-order valence-corrected chi connectivity index (χ2v) is 10.2. The first kappa shape index (κ1) is 23.7. The summed E-state index contributed by atoms with van der Waals surface area (Å²) in [5.41, 5.74) is 6.57. The molecule has 1 aliphatic heterocycles. The lowest BCUT2D eigenvalue weighted by Crippen LogP contribution is -2.49. The fraction of sp³-hybridized carbons (Fsp3) is 0.654. The Morgan fingerprint density at radius 3 is 2.21 bits per heavy atom. The normalized spacial score (nSPS) is 28.5. The molecule has 0 radical (unpaired) electrons. The van der Waals surface area contributed by atoms with E-state index in [1.54, 1.807) is 12.1 Å². The maximum absolute atomic E-state index is 13.6. The molecule has 2 unspecified atom stereocenters. The lowest BCUT2D eigenvalue weighted by molar-refractivity contribution is -0.142. The number of amides is 2. The lowest BCUT2D eigenvalue weighted by atomic mass is 9.76. The topological polar surface area (TPSA) is 113 Å². The van der Waals surface area contributed by atoms with Gasteiger partial charge in [-0.1, -0.05) is 32.1 Å². The molecule has 4 N–H and O–H groups in total. The van der Waals surface area contributed by atoms with Gasteiger partial charge < -0.3 is 21.1 Å². The van der Waals surface area contributed by atoms with Crippen LogP contribution < -0.4 is 11.1 Å². The van der Waals surface area contributed by atoms with Crippen LogP contribution in [-0.4, -0.2) is 46.9 Å². The van der Waals surface area contributed by atoms with Crippen LogP contribution in [0.2, 0.25) is 0 Å². The molecule has 2 saturated carbocycles. The molecule has 2 aliphatic carbocycles.